The Morgan fingerprint density at radius 1 is 1.33 bits per heavy atom. The number of hydrogen-bond donors (Lipinski definition) is 1. The molecule has 1 unspecified atom stereocenters. The molecule has 0 aliphatic heterocycles. The molecule has 0 amide bonds. The SMILES string of the molecule is CC(CN(C)c1nnc2ccccc2n1)C(=O)O. The van der Waals surface area contributed by atoms with E-state index in [1.54, 1.807) is 18.9 Å². The molecule has 6 heteroatoms. The smallest absolute Gasteiger partial charge is 0.308 e. The summed E-state index contributed by atoms with van der Waals surface area (Å²) >= 11 is 0. The highest BCUT2D eigenvalue weighted by molar-refractivity contribution is 5.74. The van der Waals surface area contributed by atoms with Gasteiger partial charge < -0.3 is 10.0 Å². The molecule has 2 rings (SSSR count). The molecule has 2 aromatic rings. The number of carbonyl (C=O) groups is 1. The fourth-order valence-corrected chi connectivity index (χ4v) is 1.60. The molecular formula is C12H14N4O2. The van der Waals surface area contributed by atoms with Gasteiger partial charge in [0.05, 0.1) is 11.4 Å². The van der Waals surface area contributed by atoms with Gasteiger partial charge >= 0.3 is 5.97 Å². The highest BCUT2D eigenvalue weighted by Crippen LogP contribution is 2.12. The van der Waals surface area contributed by atoms with Crippen molar-refractivity contribution in [3.63, 3.8) is 0 Å². The molecule has 1 aromatic carbocycles. The molecule has 0 aliphatic rings. The average Bonchev–Trinajstić information content (AvgIpc) is 2.37. The van der Waals surface area contributed by atoms with Gasteiger partial charge in [0.25, 0.3) is 0 Å². The third-order valence-electron chi connectivity index (χ3n) is 2.66. The molecule has 1 atom stereocenters. The van der Waals surface area contributed by atoms with Crippen molar-refractivity contribution >= 4 is 23.0 Å². The molecule has 0 bridgehead atoms. The Bertz CT molecular complexity index is 573. The van der Waals surface area contributed by atoms with Crippen LogP contribution in [0.3, 0.4) is 0 Å². The zero-order valence-electron chi connectivity index (χ0n) is 10.2. The van der Waals surface area contributed by atoms with Crippen molar-refractivity contribution in [2.24, 2.45) is 5.92 Å². The number of carboxylic acid groups (broad SMARTS) is 1. The van der Waals surface area contributed by atoms with Crippen LogP contribution in [0.25, 0.3) is 11.0 Å². The van der Waals surface area contributed by atoms with Crippen LogP contribution in [0.5, 0.6) is 0 Å². The Kier molecular flexibility index (Phi) is 3.36. The van der Waals surface area contributed by atoms with Gasteiger partial charge in [0.1, 0.15) is 5.52 Å². The highest BCUT2D eigenvalue weighted by atomic mass is 16.4. The Balaban J connectivity index is 2.22. The lowest BCUT2D eigenvalue weighted by atomic mass is 10.2. The van der Waals surface area contributed by atoms with E-state index in [-0.39, 0.29) is 0 Å². The van der Waals surface area contributed by atoms with Gasteiger partial charge in [0.2, 0.25) is 5.95 Å². The van der Waals surface area contributed by atoms with Crippen molar-refractivity contribution < 1.29 is 9.90 Å². The van der Waals surface area contributed by atoms with E-state index in [2.05, 4.69) is 15.2 Å². The standard InChI is InChI=1S/C12H14N4O2/c1-8(11(17)18)7-16(2)12-13-9-5-3-4-6-10(9)14-15-12/h3-6,8H,7H2,1-2H3,(H,17,18). The first-order valence-electron chi connectivity index (χ1n) is 5.61. The maximum atomic E-state index is 10.8. The molecule has 1 N–H and O–H groups in total. The maximum Gasteiger partial charge on any atom is 0.308 e. The summed E-state index contributed by atoms with van der Waals surface area (Å²) in [5.74, 6) is -0.887. The molecule has 18 heavy (non-hydrogen) atoms. The number of hydrogen-bond acceptors (Lipinski definition) is 5. The number of fused-ring (bicyclic) bond motifs is 1. The summed E-state index contributed by atoms with van der Waals surface area (Å²) in [5.41, 5.74) is 1.47. The summed E-state index contributed by atoms with van der Waals surface area (Å²) < 4.78 is 0. The monoisotopic (exact) mass is 246 g/mol. The van der Waals surface area contributed by atoms with Gasteiger partial charge in [-0.05, 0) is 12.1 Å². The Hall–Kier alpha value is -2.24. The second kappa shape index (κ2) is 4.95. The first-order chi connectivity index (χ1) is 8.58. The number of aromatic nitrogens is 3. The molecule has 0 spiro atoms. The second-order valence-electron chi connectivity index (χ2n) is 4.22. The van der Waals surface area contributed by atoms with E-state index in [9.17, 15) is 4.79 Å². The summed E-state index contributed by atoms with van der Waals surface area (Å²) in [4.78, 5) is 16.8. The lowest BCUT2D eigenvalue weighted by molar-refractivity contribution is -0.140. The zero-order chi connectivity index (χ0) is 13.1. The first-order valence-corrected chi connectivity index (χ1v) is 5.61. The molecule has 6 nitrogen and oxygen atoms in total. The molecule has 94 valence electrons. The largest absolute Gasteiger partial charge is 0.481 e. The van der Waals surface area contributed by atoms with Crippen molar-refractivity contribution in [3.05, 3.63) is 24.3 Å². The van der Waals surface area contributed by atoms with Crippen LogP contribution in [0, 0.1) is 5.92 Å². The number of carboxylic acids is 1. The fourth-order valence-electron chi connectivity index (χ4n) is 1.60. The quantitative estimate of drug-likeness (QED) is 0.872. The molecule has 0 fully saturated rings. The van der Waals surface area contributed by atoms with Crippen molar-refractivity contribution in [1.82, 2.24) is 15.2 Å². The van der Waals surface area contributed by atoms with Crippen LogP contribution in [-0.4, -0.2) is 39.8 Å². The van der Waals surface area contributed by atoms with Gasteiger partial charge in [-0.1, -0.05) is 19.1 Å². The van der Waals surface area contributed by atoms with Gasteiger partial charge in [-0.15, -0.1) is 10.2 Å². The van der Waals surface area contributed by atoms with Crippen molar-refractivity contribution in [3.8, 4) is 0 Å². The predicted molar refractivity (Wildman–Crippen MR) is 67.4 cm³/mol. The number of aliphatic carboxylic acids is 1. The molecule has 1 aromatic heterocycles. The van der Waals surface area contributed by atoms with Gasteiger partial charge in [0.15, 0.2) is 0 Å². The van der Waals surface area contributed by atoms with Crippen LogP contribution in [-0.2, 0) is 4.79 Å². The second-order valence-corrected chi connectivity index (χ2v) is 4.22. The van der Waals surface area contributed by atoms with E-state index in [1.807, 2.05) is 24.3 Å². The molecule has 0 saturated heterocycles. The Labute approximate surface area is 104 Å². The minimum absolute atomic E-state index is 0.343. The van der Waals surface area contributed by atoms with Crippen molar-refractivity contribution in [2.75, 3.05) is 18.5 Å². The summed E-state index contributed by atoms with van der Waals surface area (Å²) in [6.07, 6.45) is 0. The summed E-state index contributed by atoms with van der Waals surface area (Å²) in [6.45, 7) is 1.99. The highest BCUT2D eigenvalue weighted by Gasteiger charge is 2.15. The van der Waals surface area contributed by atoms with Crippen LogP contribution in [0.1, 0.15) is 6.92 Å². The summed E-state index contributed by atoms with van der Waals surface area (Å²) in [5, 5.41) is 16.9. The summed E-state index contributed by atoms with van der Waals surface area (Å²) in [7, 11) is 1.76. The van der Waals surface area contributed by atoms with Gasteiger partial charge in [-0.2, -0.15) is 0 Å². The predicted octanol–water partition coefficient (Wildman–Crippen LogP) is 1.18. The average molecular weight is 246 g/mol. The molecule has 0 aliphatic carbocycles. The third kappa shape index (κ3) is 2.53. The minimum atomic E-state index is -0.837. The minimum Gasteiger partial charge on any atom is -0.481 e. The van der Waals surface area contributed by atoms with Crippen LogP contribution in [0.15, 0.2) is 24.3 Å². The van der Waals surface area contributed by atoms with E-state index in [1.165, 1.54) is 0 Å². The van der Waals surface area contributed by atoms with Crippen molar-refractivity contribution in [1.29, 1.82) is 0 Å². The first kappa shape index (κ1) is 12.2. The Morgan fingerprint density at radius 3 is 2.67 bits per heavy atom. The van der Waals surface area contributed by atoms with E-state index < -0.39 is 11.9 Å². The normalized spacial score (nSPS) is 12.3. The van der Waals surface area contributed by atoms with E-state index >= 15 is 0 Å². The van der Waals surface area contributed by atoms with Crippen LogP contribution < -0.4 is 4.90 Å². The van der Waals surface area contributed by atoms with Crippen LogP contribution in [0.4, 0.5) is 5.95 Å². The molecule has 1 heterocycles. The van der Waals surface area contributed by atoms with Crippen molar-refractivity contribution in [2.45, 2.75) is 6.92 Å². The Morgan fingerprint density at radius 2 is 2.00 bits per heavy atom. The number of anilines is 1. The molecule has 0 radical (unpaired) electrons. The van der Waals surface area contributed by atoms with Gasteiger partial charge in [-0.25, -0.2) is 4.98 Å². The van der Waals surface area contributed by atoms with Crippen LogP contribution in [0.2, 0.25) is 0 Å². The lowest BCUT2D eigenvalue weighted by Crippen LogP contribution is -2.29. The maximum absolute atomic E-state index is 10.8. The third-order valence-corrected chi connectivity index (χ3v) is 2.66. The number of nitrogens with zero attached hydrogens (tertiary/aromatic N) is 4. The van der Waals surface area contributed by atoms with Gasteiger partial charge in [0, 0.05) is 13.6 Å². The number of rotatable bonds is 4. The van der Waals surface area contributed by atoms with Crippen LogP contribution >= 0.6 is 0 Å². The van der Waals surface area contributed by atoms with E-state index in [0.717, 1.165) is 11.0 Å². The number of para-hydroxylation sites is 1. The topological polar surface area (TPSA) is 79.2 Å². The molecule has 0 saturated carbocycles. The van der Waals surface area contributed by atoms with E-state index in [0.29, 0.717) is 12.5 Å². The number of benzene rings is 1. The summed E-state index contributed by atoms with van der Waals surface area (Å²) in [6, 6.07) is 7.43. The van der Waals surface area contributed by atoms with Gasteiger partial charge in [-0.3, -0.25) is 4.79 Å². The lowest BCUT2D eigenvalue weighted by Gasteiger charge is -2.18. The fraction of sp³-hybridized carbons (Fsp3) is 0.333. The molecular weight excluding hydrogens is 232 g/mol. The zero-order valence-corrected chi connectivity index (χ0v) is 10.2. The van der Waals surface area contributed by atoms with E-state index in [4.69, 9.17) is 5.11 Å².